The molecule has 0 aliphatic heterocycles. The second kappa shape index (κ2) is 8.75. The zero-order chi connectivity index (χ0) is 19.1. The van der Waals surface area contributed by atoms with Crippen molar-refractivity contribution in [3.05, 3.63) is 48.0 Å². The first kappa shape index (κ1) is 19.1. The molecule has 1 amide bonds. The maximum atomic E-state index is 12.0. The molecule has 0 aliphatic rings. The fourth-order valence-electron chi connectivity index (χ4n) is 2.19. The Balaban J connectivity index is 1.93. The maximum absolute atomic E-state index is 12.0. The van der Waals surface area contributed by atoms with Crippen LogP contribution in [0.1, 0.15) is 10.4 Å². The molecule has 0 atom stereocenters. The summed E-state index contributed by atoms with van der Waals surface area (Å²) in [7, 11) is 6.85. The number of ether oxygens (including phenoxy) is 3. The zero-order valence-corrected chi connectivity index (χ0v) is 15.2. The number of carbonyl (C=O) groups is 2. The summed E-state index contributed by atoms with van der Waals surface area (Å²) in [4.78, 5) is 26.0. The maximum Gasteiger partial charge on any atom is 0.338 e. The third kappa shape index (κ3) is 5.14. The zero-order valence-electron chi connectivity index (χ0n) is 15.2. The number of nitrogens with one attached hydrogen (secondary N) is 1. The van der Waals surface area contributed by atoms with E-state index in [2.05, 4.69) is 5.32 Å². The molecule has 7 nitrogen and oxygen atoms in total. The van der Waals surface area contributed by atoms with Gasteiger partial charge in [-0.25, -0.2) is 4.79 Å². The van der Waals surface area contributed by atoms with Crippen molar-refractivity contribution in [1.82, 2.24) is 0 Å². The Bertz CT molecular complexity index is 750. The third-order valence-corrected chi connectivity index (χ3v) is 3.59. The molecular formula is C19H22N2O5. The van der Waals surface area contributed by atoms with Gasteiger partial charge in [0.1, 0.15) is 11.5 Å². The molecule has 0 fully saturated rings. The lowest BCUT2D eigenvalue weighted by molar-refractivity contribution is -0.119. The fraction of sp³-hybridized carbons (Fsp3) is 0.263. The van der Waals surface area contributed by atoms with Gasteiger partial charge in [0, 0.05) is 43.7 Å². The number of rotatable bonds is 7. The summed E-state index contributed by atoms with van der Waals surface area (Å²) in [6.07, 6.45) is 0. The molecular weight excluding hydrogens is 336 g/mol. The van der Waals surface area contributed by atoms with Crippen molar-refractivity contribution in [2.45, 2.75) is 0 Å². The van der Waals surface area contributed by atoms with Crippen LogP contribution in [0, 0.1) is 0 Å². The van der Waals surface area contributed by atoms with Gasteiger partial charge in [0.2, 0.25) is 0 Å². The van der Waals surface area contributed by atoms with Crippen LogP contribution < -0.4 is 19.7 Å². The van der Waals surface area contributed by atoms with Crippen molar-refractivity contribution in [3.8, 4) is 11.5 Å². The van der Waals surface area contributed by atoms with Gasteiger partial charge in [-0.1, -0.05) is 0 Å². The van der Waals surface area contributed by atoms with Gasteiger partial charge >= 0.3 is 5.97 Å². The van der Waals surface area contributed by atoms with Gasteiger partial charge in [-0.3, -0.25) is 4.79 Å². The summed E-state index contributed by atoms with van der Waals surface area (Å²) in [5.41, 5.74) is 1.83. The van der Waals surface area contributed by atoms with E-state index in [0.29, 0.717) is 22.7 Å². The minimum absolute atomic E-state index is 0.381. The molecule has 138 valence electrons. The van der Waals surface area contributed by atoms with Crippen LogP contribution in [0.2, 0.25) is 0 Å². The molecule has 0 saturated heterocycles. The molecule has 0 bridgehead atoms. The second-order valence-electron chi connectivity index (χ2n) is 5.67. The number of hydrogen-bond acceptors (Lipinski definition) is 6. The van der Waals surface area contributed by atoms with Crippen LogP contribution in [0.15, 0.2) is 42.5 Å². The van der Waals surface area contributed by atoms with Gasteiger partial charge in [-0.15, -0.1) is 0 Å². The highest BCUT2D eigenvalue weighted by Gasteiger charge is 2.12. The van der Waals surface area contributed by atoms with E-state index in [4.69, 9.17) is 14.2 Å². The van der Waals surface area contributed by atoms with E-state index in [0.717, 1.165) is 5.69 Å². The smallest absolute Gasteiger partial charge is 0.338 e. The van der Waals surface area contributed by atoms with Gasteiger partial charge in [-0.05, 0) is 24.3 Å². The van der Waals surface area contributed by atoms with E-state index in [1.54, 1.807) is 42.5 Å². The molecule has 0 aromatic heterocycles. The Morgan fingerprint density at radius 1 is 0.962 bits per heavy atom. The number of benzene rings is 2. The molecule has 0 heterocycles. The van der Waals surface area contributed by atoms with Crippen LogP contribution >= 0.6 is 0 Å². The number of amides is 1. The topological polar surface area (TPSA) is 77.1 Å². The van der Waals surface area contributed by atoms with Crippen molar-refractivity contribution >= 4 is 23.3 Å². The highest BCUT2D eigenvalue weighted by molar-refractivity contribution is 5.95. The minimum atomic E-state index is -0.561. The van der Waals surface area contributed by atoms with Gasteiger partial charge < -0.3 is 24.4 Å². The molecule has 0 unspecified atom stereocenters. The van der Waals surface area contributed by atoms with Gasteiger partial charge in [0.05, 0.1) is 19.8 Å². The molecule has 0 aliphatic carbocycles. The summed E-state index contributed by atoms with van der Waals surface area (Å²) >= 11 is 0. The molecule has 26 heavy (non-hydrogen) atoms. The van der Waals surface area contributed by atoms with Crippen molar-refractivity contribution in [3.63, 3.8) is 0 Å². The van der Waals surface area contributed by atoms with Crippen LogP contribution in [-0.2, 0) is 9.53 Å². The summed E-state index contributed by atoms with van der Waals surface area (Å²) in [5, 5.41) is 2.64. The van der Waals surface area contributed by atoms with E-state index in [1.165, 1.54) is 14.2 Å². The minimum Gasteiger partial charge on any atom is -0.497 e. The summed E-state index contributed by atoms with van der Waals surface area (Å²) < 4.78 is 15.3. The molecule has 2 aromatic rings. The van der Waals surface area contributed by atoms with Crippen LogP contribution in [0.5, 0.6) is 11.5 Å². The van der Waals surface area contributed by atoms with Crippen LogP contribution in [0.4, 0.5) is 11.4 Å². The summed E-state index contributed by atoms with van der Waals surface area (Å²) in [6, 6.07) is 11.9. The Morgan fingerprint density at radius 2 is 1.54 bits per heavy atom. The van der Waals surface area contributed by atoms with Crippen LogP contribution in [0.3, 0.4) is 0 Å². The lowest BCUT2D eigenvalue weighted by atomic mass is 10.2. The van der Waals surface area contributed by atoms with Gasteiger partial charge in [0.15, 0.2) is 6.61 Å². The molecule has 2 aromatic carbocycles. The number of esters is 1. The van der Waals surface area contributed by atoms with E-state index in [9.17, 15) is 9.59 Å². The van der Waals surface area contributed by atoms with Gasteiger partial charge in [-0.2, -0.15) is 0 Å². The quantitative estimate of drug-likeness (QED) is 0.767. The Kier molecular flexibility index (Phi) is 6.43. The SMILES string of the molecule is COc1cc(NC(=O)COC(=O)c2ccc(N(C)C)cc2)cc(OC)c1. The van der Waals surface area contributed by atoms with E-state index < -0.39 is 18.5 Å². The summed E-state index contributed by atoms with van der Waals surface area (Å²) in [6.45, 7) is -0.395. The first-order valence-corrected chi connectivity index (χ1v) is 7.90. The van der Waals surface area contributed by atoms with E-state index >= 15 is 0 Å². The number of methoxy groups -OCH3 is 2. The highest BCUT2D eigenvalue weighted by atomic mass is 16.5. The first-order valence-electron chi connectivity index (χ1n) is 7.90. The number of hydrogen-bond donors (Lipinski definition) is 1. The standard InChI is InChI=1S/C19H22N2O5/c1-21(2)15-7-5-13(6-8-15)19(23)26-12-18(22)20-14-9-16(24-3)11-17(10-14)25-4/h5-11H,12H2,1-4H3,(H,20,22). The largest absolute Gasteiger partial charge is 0.497 e. The Morgan fingerprint density at radius 3 is 2.04 bits per heavy atom. The summed E-state index contributed by atoms with van der Waals surface area (Å²) in [5.74, 6) is 0.0579. The van der Waals surface area contributed by atoms with E-state index in [1.807, 2.05) is 19.0 Å². The Hall–Kier alpha value is -3.22. The van der Waals surface area contributed by atoms with Crippen molar-refractivity contribution in [2.75, 3.05) is 45.1 Å². The van der Waals surface area contributed by atoms with Crippen molar-refractivity contribution in [2.24, 2.45) is 0 Å². The number of carbonyl (C=O) groups excluding carboxylic acids is 2. The number of nitrogens with zero attached hydrogens (tertiary/aromatic N) is 1. The molecule has 7 heteroatoms. The van der Waals surface area contributed by atoms with Crippen LogP contribution in [0.25, 0.3) is 0 Å². The molecule has 0 radical (unpaired) electrons. The van der Waals surface area contributed by atoms with E-state index in [-0.39, 0.29) is 0 Å². The van der Waals surface area contributed by atoms with Crippen LogP contribution in [-0.4, -0.2) is 46.8 Å². The highest BCUT2D eigenvalue weighted by Crippen LogP contribution is 2.25. The Labute approximate surface area is 152 Å². The fourth-order valence-corrected chi connectivity index (χ4v) is 2.19. The predicted octanol–water partition coefficient (Wildman–Crippen LogP) is 2.57. The molecule has 0 spiro atoms. The molecule has 2 rings (SSSR count). The lowest BCUT2D eigenvalue weighted by Crippen LogP contribution is -2.21. The number of anilines is 2. The van der Waals surface area contributed by atoms with Gasteiger partial charge in [0.25, 0.3) is 5.91 Å². The average molecular weight is 358 g/mol. The molecule has 0 saturated carbocycles. The average Bonchev–Trinajstić information content (AvgIpc) is 2.65. The molecule has 1 N–H and O–H groups in total. The monoisotopic (exact) mass is 358 g/mol. The second-order valence-corrected chi connectivity index (χ2v) is 5.67. The first-order chi connectivity index (χ1) is 12.4. The van der Waals surface area contributed by atoms with Crippen molar-refractivity contribution < 1.29 is 23.8 Å². The normalized spacial score (nSPS) is 10.0. The predicted molar refractivity (Wildman–Crippen MR) is 99.2 cm³/mol. The lowest BCUT2D eigenvalue weighted by Gasteiger charge is -2.12. The van der Waals surface area contributed by atoms with Crippen molar-refractivity contribution in [1.29, 1.82) is 0 Å². The third-order valence-electron chi connectivity index (χ3n) is 3.59.